The van der Waals surface area contributed by atoms with Crippen molar-refractivity contribution in [2.24, 2.45) is 0 Å². The van der Waals surface area contributed by atoms with Crippen LogP contribution in [0.2, 0.25) is 0 Å². The Balaban J connectivity index is 2.44. The van der Waals surface area contributed by atoms with Crippen molar-refractivity contribution in [1.29, 1.82) is 0 Å². The van der Waals surface area contributed by atoms with E-state index in [0.717, 1.165) is 35.4 Å². The highest BCUT2D eigenvalue weighted by atomic mass is 16.5. The second-order valence-electron chi connectivity index (χ2n) is 6.68. The highest BCUT2D eigenvalue weighted by molar-refractivity contribution is 6.06. The second kappa shape index (κ2) is 8.19. The molecular weight excluding hydrogens is 310 g/mol. The summed E-state index contributed by atoms with van der Waals surface area (Å²) < 4.78 is 5.48. The number of carbonyl (C=O) groups excluding carboxylic acids is 1. The molecule has 0 unspecified atom stereocenters. The fourth-order valence-electron chi connectivity index (χ4n) is 3.15. The van der Waals surface area contributed by atoms with Gasteiger partial charge in [0.05, 0.1) is 7.11 Å². The molecule has 0 bridgehead atoms. The van der Waals surface area contributed by atoms with Crippen LogP contribution in [0.15, 0.2) is 30.3 Å². The van der Waals surface area contributed by atoms with Crippen LogP contribution in [-0.2, 0) is 12.8 Å². The Labute approximate surface area is 151 Å². The summed E-state index contributed by atoms with van der Waals surface area (Å²) in [5, 5.41) is 3.16. The summed E-state index contributed by atoms with van der Waals surface area (Å²) in [5.74, 6) is 1.07. The minimum absolute atomic E-state index is 0.0577. The summed E-state index contributed by atoms with van der Waals surface area (Å²) in [6, 6.07) is 10.1. The summed E-state index contributed by atoms with van der Waals surface area (Å²) in [5.41, 5.74) is 5.98. The molecule has 25 heavy (non-hydrogen) atoms. The van der Waals surface area contributed by atoms with Crippen molar-refractivity contribution >= 4 is 11.6 Å². The first-order valence-corrected chi connectivity index (χ1v) is 9.03. The molecule has 1 amide bonds. The highest BCUT2D eigenvalue weighted by Gasteiger charge is 2.17. The van der Waals surface area contributed by atoms with E-state index in [0.29, 0.717) is 5.56 Å². The van der Waals surface area contributed by atoms with Crippen LogP contribution in [0.1, 0.15) is 66.2 Å². The molecule has 0 saturated carbocycles. The molecule has 0 saturated heterocycles. The average molecular weight is 339 g/mol. The fourth-order valence-corrected chi connectivity index (χ4v) is 3.15. The number of carbonyl (C=O) groups is 1. The van der Waals surface area contributed by atoms with Gasteiger partial charge in [-0.25, -0.2) is 0 Å². The Bertz CT molecular complexity index is 741. The van der Waals surface area contributed by atoms with Crippen LogP contribution in [0.4, 0.5) is 5.69 Å². The molecule has 0 spiro atoms. The summed E-state index contributed by atoms with van der Waals surface area (Å²) in [7, 11) is 1.67. The number of ether oxygens (including phenoxy) is 1. The van der Waals surface area contributed by atoms with Crippen molar-refractivity contribution in [3.05, 3.63) is 58.1 Å². The van der Waals surface area contributed by atoms with Crippen molar-refractivity contribution in [3.8, 4) is 5.75 Å². The van der Waals surface area contributed by atoms with Crippen LogP contribution in [0.25, 0.3) is 0 Å². The smallest absolute Gasteiger partial charge is 0.255 e. The maximum Gasteiger partial charge on any atom is 0.255 e. The number of benzene rings is 2. The van der Waals surface area contributed by atoms with Gasteiger partial charge >= 0.3 is 0 Å². The third-order valence-electron chi connectivity index (χ3n) is 4.68. The van der Waals surface area contributed by atoms with Gasteiger partial charge < -0.3 is 10.1 Å². The van der Waals surface area contributed by atoms with Crippen LogP contribution in [0, 0.1) is 6.92 Å². The first kappa shape index (κ1) is 19.0. The van der Waals surface area contributed by atoms with E-state index in [1.165, 1.54) is 11.1 Å². The van der Waals surface area contributed by atoms with Gasteiger partial charge in [-0.2, -0.15) is 0 Å². The van der Waals surface area contributed by atoms with Crippen LogP contribution < -0.4 is 10.1 Å². The molecular formula is C22H29NO2. The number of rotatable bonds is 6. The number of aryl methyl sites for hydroxylation is 3. The van der Waals surface area contributed by atoms with Gasteiger partial charge in [-0.05, 0) is 60.1 Å². The van der Waals surface area contributed by atoms with E-state index < -0.39 is 0 Å². The van der Waals surface area contributed by atoms with Crippen LogP contribution in [0.5, 0.6) is 5.75 Å². The van der Waals surface area contributed by atoms with Gasteiger partial charge in [-0.3, -0.25) is 4.79 Å². The zero-order chi connectivity index (χ0) is 18.6. The molecule has 0 aromatic heterocycles. The summed E-state index contributed by atoms with van der Waals surface area (Å²) in [6.07, 6.45) is 1.78. The predicted molar refractivity (Wildman–Crippen MR) is 105 cm³/mol. The quantitative estimate of drug-likeness (QED) is 0.754. The molecule has 2 rings (SSSR count). The lowest BCUT2D eigenvalue weighted by atomic mass is 9.95. The molecule has 3 heteroatoms. The Morgan fingerprint density at radius 3 is 2.20 bits per heavy atom. The molecule has 0 fully saturated rings. The number of amides is 1. The van der Waals surface area contributed by atoms with E-state index >= 15 is 0 Å². The molecule has 2 aromatic carbocycles. The third-order valence-corrected chi connectivity index (χ3v) is 4.68. The zero-order valence-corrected chi connectivity index (χ0v) is 16.2. The SMILES string of the molecule is CCc1cccc(CC)c1NC(=O)c1cc(C(C)C)c(OC)cc1C. The second-order valence-corrected chi connectivity index (χ2v) is 6.68. The molecule has 0 heterocycles. The third kappa shape index (κ3) is 4.04. The zero-order valence-electron chi connectivity index (χ0n) is 16.2. The lowest BCUT2D eigenvalue weighted by molar-refractivity contribution is 0.102. The topological polar surface area (TPSA) is 38.3 Å². The maximum atomic E-state index is 13.0. The molecule has 0 atom stereocenters. The lowest BCUT2D eigenvalue weighted by Crippen LogP contribution is -2.17. The molecule has 0 radical (unpaired) electrons. The van der Waals surface area contributed by atoms with Crippen molar-refractivity contribution in [2.45, 2.75) is 53.4 Å². The van der Waals surface area contributed by atoms with E-state index in [-0.39, 0.29) is 11.8 Å². The van der Waals surface area contributed by atoms with Gasteiger partial charge in [0.1, 0.15) is 5.75 Å². The molecule has 3 nitrogen and oxygen atoms in total. The number of anilines is 1. The van der Waals surface area contributed by atoms with Gasteiger partial charge in [0.2, 0.25) is 0 Å². The number of hydrogen-bond donors (Lipinski definition) is 1. The molecule has 0 aliphatic heterocycles. The summed E-state index contributed by atoms with van der Waals surface area (Å²) >= 11 is 0. The largest absolute Gasteiger partial charge is 0.496 e. The van der Waals surface area contributed by atoms with Gasteiger partial charge in [0, 0.05) is 11.3 Å². The average Bonchev–Trinajstić information content (AvgIpc) is 2.60. The summed E-state index contributed by atoms with van der Waals surface area (Å²) in [4.78, 5) is 13.0. The minimum atomic E-state index is -0.0577. The number of para-hydroxylation sites is 1. The van der Waals surface area contributed by atoms with E-state index in [4.69, 9.17) is 4.74 Å². The Kier molecular flexibility index (Phi) is 6.24. The molecule has 0 aliphatic rings. The Hall–Kier alpha value is -2.29. The summed E-state index contributed by atoms with van der Waals surface area (Å²) in [6.45, 7) is 10.4. The van der Waals surface area contributed by atoms with Crippen molar-refractivity contribution in [1.82, 2.24) is 0 Å². The van der Waals surface area contributed by atoms with Gasteiger partial charge in [0.25, 0.3) is 5.91 Å². The predicted octanol–water partition coefficient (Wildman–Crippen LogP) is 5.50. The van der Waals surface area contributed by atoms with Crippen LogP contribution in [-0.4, -0.2) is 13.0 Å². The Morgan fingerprint density at radius 2 is 1.72 bits per heavy atom. The van der Waals surface area contributed by atoms with Crippen molar-refractivity contribution in [3.63, 3.8) is 0 Å². The maximum absolute atomic E-state index is 13.0. The van der Waals surface area contributed by atoms with Gasteiger partial charge in [-0.1, -0.05) is 45.9 Å². The van der Waals surface area contributed by atoms with Crippen molar-refractivity contribution in [2.75, 3.05) is 12.4 Å². The number of methoxy groups -OCH3 is 1. The first-order chi connectivity index (χ1) is 11.9. The van der Waals surface area contributed by atoms with Gasteiger partial charge in [-0.15, -0.1) is 0 Å². The highest BCUT2D eigenvalue weighted by Crippen LogP contribution is 2.30. The van der Waals surface area contributed by atoms with E-state index in [9.17, 15) is 4.79 Å². The van der Waals surface area contributed by atoms with E-state index in [1.807, 2.05) is 19.1 Å². The fraction of sp³-hybridized carbons (Fsp3) is 0.409. The molecule has 1 N–H and O–H groups in total. The minimum Gasteiger partial charge on any atom is -0.496 e. The van der Waals surface area contributed by atoms with E-state index in [2.05, 4.69) is 51.2 Å². The number of hydrogen-bond acceptors (Lipinski definition) is 2. The van der Waals surface area contributed by atoms with Crippen LogP contribution in [0.3, 0.4) is 0 Å². The van der Waals surface area contributed by atoms with Crippen LogP contribution >= 0.6 is 0 Å². The first-order valence-electron chi connectivity index (χ1n) is 9.03. The standard InChI is InChI=1S/C22H29NO2/c1-7-16-10-9-11-17(8-2)21(16)23-22(24)19-13-18(14(3)4)20(25-6)12-15(19)5/h9-14H,7-8H2,1-6H3,(H,23,24). The van der Waals surface area contributed by atoms with Crippen molar-refractivity contribution < 1.29 is 9.53 Å². The molecule has 134 valence electrons. The number of nitrogens with one attached hydrogen (secondary N) is 1. The van der Waals surface area contributed by atoms with E-state index in [1.54, 1.807) is 7.11 Å². The monoisotopic (exact) mass is 339 g/mol. The Morgan fingerprint density at radius 1 is 1.12 bits per heavy atom. The lowest BCUT2D eigenvalue weighted by Gasteiger charge is -2.18. The normalized spacial score (nSPS) is 10.8. The molecule has 0 aliphatic carbocycles. The van der Waals surface area contributed by atoms with Gasteiger partial charge in [0.15, 0.2) is 0 Å². The molecule has 2 aromatic rings.